The fourth-order valence-electron chi connectivity index (χ4n) is 3.66. The van der Waals surface area contributed by atoms with Crippen molar-refractivity contribution in [3.8, 4) is 5.75 Å². The van der Waals surface area contributed by atoms with Crippen molar-refractivity contribution < 1.29 is 22.9 Å². The summed E-state index contributed by atoms with van der Waals surface area (Å²) in [5.41, 5.74) is -0.278. The van der Waals surface area contributed by atoms with Gasteiger partial charge in [-0.3, -0.25) is 19.2 Å². The lowest BCUT2D eigenvalue weighted by Crippen LogP contribution is -2.41. The number of hydrogen-bond acceptors (Lipinski definition) is 6. The molecule has 184 valence electrons. The number of carbonyl (C=O) groups excluding carboxylic acids is 1. The minimum atomic E-state index is -4.17. The summed E-state index contributed by atoms with van der Waals surface area (Å²) in [4.78, 5) is 23.3. The van der Waals surface area contributed by atoms with Crippen molar-refractivity contribution >= 4 is 38.1 Å². The molecule has 0 saturated carbocycles. The molecule has 0 aliphatic heterocycles. The Kier molecular flexibility index (Phi) is 7.45. The van der Waals surface area contributed by atoms with E-state index in [2.05, 4.69) is 5.32 Å². The Labute approximate surface area is 208 Å². The molecular formula is C26H23N3O6S. The molecule has 4 rings (SSSR count). The van der Waals surface area contributed by atoms with Gasteiger partial charge in [-0.25, -0.2) is 8.42 Å². The number of non-ortho nitro benzene ring substituents is 1. The topological polar surface area (TPSA) is 119 Å². The Morgan fingerprint density at radius 3 is 2.39 bits per heavy atom. The van der Waals surface area contributed by atoms with Gasteiger partial charge in [0.15, 0.2) is 0 Å². The van der Waals surface area contributed by atoms with E-state index in [-0.39, 0.29) is 29.4 Å². The van der Waals surface area contributed by atoms with Crippen LogP contribution >= 0.6 is 0 Å². The van der Waals surface area contributed by atoms with Crippen LogP contribution in [0.4, 0.5) is 11.4 Å². The molecule has 0 aromatic heterocycles. The summed E-state index contributed by atoms with van der Waals surface area (Å²) < 4.78 is 33.4. The van der Waals surface area contributed by atoms with Crippen LogP contribution in [0, 0.1) is 10.1 Å². The number of anilines is 1. The fraction of sp³-hybridized carbons (Fsp3) is 0.115. The van der Waals surface area contributed by atoms with Gasteiger partial charge in [-0.15, -0.1) is 0 Å². The molecule has 0 bridgehead atoms. The number of hydrogen-bond donors (Lipinski definition) is 1. The van der Waals surface area contributed by atoms with Crippen molar-refractivity contribution in [3.63, 3.8) is 0 Å². The average molecular weight is 506 g/mol. The zero-order valence-electron chi connectivity index (χ0n) is 19.1. The van der Waals surface area contributed by atoms with Gasteiger partial charge in [0.1, 0.15) is 18.9 Å². The smallest absolute Gasteiger partial charge is 0.271 e. The van der Waals surface area contributed by atoms with Crippen LogP contribution in [0.25, 0.3) is 10.8 Å². The molecule has 10 heteroatoms. The van der Waals surface area contributed by atoms with Gasteiger partial charge in [-0.1, -0.05) is 60.7 Å². The van der Waals surface area contributed by atoms with Gasteiger partial charge >= 0.3 is 0 Å². The van der Waals surface area contributed by atoms with E-state index in [9.17, 15) is 23.3 Å². The Morgan fingerprint density at radius 1 is 0.917 bits per heavy atom. The lowest BCUT2D eigenvalue weighted by molar-refractivity contribution is -0.384. The SMILES string of the molecule is O=C(CN(c1cccc([N+](=O)[O-])c1)S(=O)(=O)c1ccccc1)NCCOc1cccc2ccccc12. The number of carbonyl (C=O) groups is 1. The van der Waals surface area contributed by atoms with Crippen LogP contribution in [-0.2, 0) is 14.8 Å². The summed E-state index contributed by atoms with van der Waals surface area (Å²) >= 11 is 0. The van der Waals surface area contributed by atoms with Crippen LogP contribution in [-0.4, -0.2) is 38.9 Å². The van der Waals surface area contributed by atoms with Gasteiger partial charge in [0, 0.05) is 17.5 Å². The Bertz CT molecular complexity index is 1490. The molecule has 36 heavy (non-hydrogen) atoms. The van der Waals surface area contributed by atoms with Crippen molar-refractivity contribution in [2.45, 2.75) is 4.90 Å². The van der Waals surface area contributed by atoms with Crippen LogP contribution in [0.3, 0.4) is 0 Å². The number of nitro groups is 1. The standard InChI is InChI=1S/C26H23N3O6S/c30-26(27-16-17-35-25-15-6-9-20-8-4-5-14-24(20)25)19-28(21-10-7-11-22(18-21)29(31)32)36(33,34)23-12-2-1-3-13-23/h1-15,18H,16-17,19H2,(H,27,30). The number of rotatable bonds is 10. The summed E-state index contributed by atoms with van der Waals surface area (Å²) in [6.45, 7) is -0.259. The monoisotopic (exact) mass is 505 g/mol. The largest absolute Gasteiger partial charge is 0.491 e. The predicted molar refractivity (Wildman–Crippen MR) is 137 cm³/mol. The van der Waals surface area contributed by atoms with E-state index >= 15 is 0 Å². The molecule has 0 saturated heterocycles. The lowest BCUT2D eigenvalue weighted by Gasteiger charge is -2.24. The molecule has 0 atom stereocenters. The number of ether oxygens (including phenoxy) is 1. The predicted octanol–water partition coefficient (Wildman–Crippen LogP) is 4.14. The first-order valence-corrected chi connectivity index (χ1v) is 12.5. The van der Waals surface area contributed by atoms with Crippen molar-refractivity contribution in [2.75, 3.05) is 24.0 Å². The minimum absolute atomic E-state index is 0.00945. The molecule has 0 unspecified atom stereocenters. The minimum Gasteiger partial charge on any atom is -0.491 e. The van der Waals surface area contributed by atoms with Crippen LogP contribution in [0.1, 0.15) is 0 Å². The zero-order chi connectivity index (χ0) is 25.5. The summed E-state index contributed by atoms with van der Waals surface area (Å²) in [6, 6.07) is 26.2. The third-order valence-corrected chi connectivity index (χ3v) is 7.17. The number of nitro benzene ring substituents is 1. The second kappa shape index (κ2) is 10.9. The van der Waals surface area contributed by atoms with E-state index < -0.39 is 27.4 Å². The molecule has 1 amide bonds. The van der Waals surface area contributed by atoms with Gasteiger partial charge in [-0.2, -0.15) is 0 Å². The first kappa shape index (κ1) is 24.7. The highest BCUT2D eigenvalue weighted by atomic mass is 32.2. The summed E-state index contributed by atoms with van der Waals surface area (Å²) in [7, 11) is -4.17. The van der Waals surface area contributed by atoms with Crippen LogP contribution in [0.5, 0.6) is 5.75 Å². The van der Waals surface area contributed by atoms with E-state index in [1.807, 2.05) is 42.5 Å². The quantitative estimate of drug-likeness (QED) is 0.197. The maximum absolute atomic E-state index is 13.3. The zero-order valence-corrected chi connectivity index (χ0v) is 19.9. The number of nitrogens with zero attached hydrogens (tertiary/aromatic N) is 2. The molecular weight excluding hydrogens is 482 g/mol. The molecule has 9 nitrogen and oxygen atoms in total. The molecule has 0 aliphatic carbocycles. The number of fused-ring (bicyclic) bond motifs is 1. The molecule has 0 fully saturated rings. The number of benzene rings is 4. The Hall–Kier alpha value is -4.44. The Balaban J connectivity index is 1.47. The van der Waals surface area contributed by atoms with Crippen molar-refractivity contribution in [2.24, 2.45) is 0 Å². The van der Waals surface area contributed by atoms with Crippen molar-refractivity contribution in [1.29, 1.82) is 0 Å². The van der Waals surface area contributed by atoms with Crippen molar-refractivity contribution in [3.05, 3.63) is 107 Å². The van der Waals surface area contributed by atoms with E-state index in [1.165, 1.54) is 30.3 Å². The maximum Gasteiger partial charge on any atom is 0.271 e. The van der Waals surface area contributed by atoms with Gasteiger partial charge in [0.25, 0.3) is 15.7 Å². The maximum atomic E-state index is 13.3. The van der Waals surface area contributed by atoms with Gasteiger partial charge < -0.3 is 10.1 Å². The highest BCUT2D eigenvalue weighted by Gasteiger charge is 2.28. The van der Waals surface area contributed by atoms with E-state index in [1.54, 1.807) is 18.2 Å². The highest BCUT2D eigenvalue weighted by Crippen LogP contribution is 2.27. The Morgan fingerprint density at radius 2 is 1.61 bits per heavy atom. The van der Waals surface area contributed by atoms with Crippen molar-refractivity contribution in [1.82, 2.24) is 5.32 Å². The number of sulfonamides is 1. The van der Waals surface area contributed by atoms with Crippen LogP contribution in [0.2, 0.25) is 0 Å². The van der Waals surface area contributed by atoms with Gasteiger partial charge in [-0.05, 0) is 29.7 Å². The summed E-state index contributed by atoms with van der Waals surface area (Å²) in [6.07, 6.45) is 0. The highest BCUT2D eigenvalue weighted by molar-refractivity contribution is 7.92. The molecule has 4 aromatic rings. The number of nitrogens with one attached hydrogen (secondary N) is 1. The first-order valence-electron chi connectivity index (χ1n) is 11.1. The van der Waals surface area contributed by atoms with Crippen LogP contribution in [0.15, 0.2) is 102 Å². The first-order chi connectivity index (χ1) is 17.4. The lowest BCUT2D eigenvalue weighted by atomic mass is 10.1. The molecule has 1 N–H and O–H groups in total. The number of amides is 1. The van der Waals surface area contributed by atoms with Gasteiger partial charge in [0.2, 0.25) is 5.91 Å². The third kappa shape index (κ3) is 5.61. The molecule has 0 heterocycles. The normalized spacial score (nSPS) is 11.1. The molecule has 0 spiro atoms. The molecule has 0 radical (unpaired) electrons. The summed E-state index contributed by atoms with van der Waals surface area (Å²) in [5, 5.41) is 15.9. The molecule has 0 aliphatic rings. The fourth-order valence-corrected chi connectivity index (χ4v) is 5.09. The van der Waals surface area contributed by atoms with E-state index in [0.717, 1.165) is 21.1 Å². The van der Waals surface area contributed by atoms with E-state index in [4.69, 9.17) is 4.74 Å². The second-order valence-corrected chi connectivity index (χ2v) is 9.64. The summed E-state index contributed by atoms with van der Waals surface area (Å²) in [5.74, 6) is 0.0924. The van der Waals surface area contributed by atoms with Gasteiger partial charge in [0.05, 0.1) is 22.1 Å². The second-order valence-electron chi connectivity index (χ2n) is 7.78. The third-order valence-electron chi connectivity index (χ3n) is 5.38. The van der Waals surface area contributed by atoms with Crippen LogP contribution < -0.4 is 14.4 Å². The molecule has 4 aromatic carbocycles. The van der Waals surface area contributed by atoms with E-state index in [0.29, 0.717) is 5.75 Å². The average Bonchev–Trinajstić information content (AvgIpc) is 2.90.